The van der Waals surface area contributed by atoms with Crippen molar-refractivity contribution in [2.75, 3.05) is 5.75 Å². The van der Waals surface area contributed by atoms with Crippen LogP contribution < -0.4 is 0 Å². The van der Waals surface area contributed by atoms with Gasteiger partial charge in [0.25, 0.3) is 0 Å². The molecule has 0 atom stereocenters. The number of aromatic hydroxyl groups is 1. The third kappa shape index (κ3) is 8.73. The van der Waals surface area contributed by atoms with Crippen molar-refractivity contribution in [1.82, 2.24) is 0 Å². The summed E-state index contributed by atoms with van der Waals surface area (Å²) < 4.78 is 0. The molecule has 2 heteroatoms. The molecule has 0 fully saturated rings. The second-order valence-corrected chi connectivity index (χ2v) is 7.40. The molecule has 0 aromatic heterocycles. The molecule has 0 saturated heterocycles. The van der Waals surface area contributed by atoms with Gasteiger partial charge in [0.2, 0.25) is 0 Å². The van der Waals surface area contributed by atoms with Gasteiger partial charge in [-0.05, 0) is 36.3 Å². The SMILES string of the molecule is CCCCCCCCCCCCSCc1cccc(O)c1C. The Bertz CT molecular complexity index is 389. The minimum absolute atomic E-state index is 0.428. The Morgan fingerprint density at radius 3 is 2.09 bits per heavy atom. The zero-order valence-corrected chi connectivity index (χ0v) is 15.4. The van der Waals surface area contributed by atoms with Crippen LogP contribution in [0.2, 0.25) is 0 Å². The average molecular weight is 323 g/mol. The van der Waals surface area contributed by atoms with Crippen molar-refractivity contribution >= 4 is 11.8 Å². The summed E-state index contributed by atoms with van der Waals surface area (Å²) in [6.45, 7) is 4.28. The van der Waals surface area contributed by atoms with E-state index in [0.29, 0.717) is 5.75 Å². The monoisotopic (exact) mass is 322 g/mol. The summed E-state index contributed by atoms with van der Waals surface area (Å²) in [5, 5.41) is 9.68. The van der Waals surface area contributed by atoms with Crippen molar-refractivity contribution in [2.45, 2.75) is 83.8 Å². The Kier molecular flexibility index (Phi) is 11.4. The van der Waals surface area contributed by atoms with Crippen LogP contribution in [-0.4, -0.2) is 10.9 Å². The fourth-order valence-electron chi connectivity index (χ4n) is 2.70. The maximum atomic E-state index is 9.68. The van der Waals surface area contributed by atoms with Crippen LogP contribution in [0.4, 0.5) is 0 Å². The van der Waals surface area contributed by atoms with Gasteiger partial charge < -0.3 is 5.11 Å². The first-order valence-corrected chi connectivity index (χ1v) is 10.3. The lowest BCUT2D eigenvalue weighted by Crippen LogP contribution is -1.89. The van der Waals surface area contributed by atoms with Crippen LogP contribution in [0.3, 0.4) is 0 Å². The molecule has 1 nitrogen and oxygen atoms in total. The normalized spacial score (nSPS) is 11.0. The number of thioether (sulfide) groups is 1. The maximum Gasteiger partial charge on any atom is 0.118 e. The van der Waals surface area contributed by atoms with E-state index < -0.39 is 0 Å². The van der Waals surface area contributed by atoms with Gasteiger partial charge in [-0.2, -0.15) is 11.8 Å². The van der Waals surface area contributed by atoms with E-state index in [1.54, 1.807) is 6.07 Å². The van der Waals surface area contributed by atoms with Gasteiger partial charge >= 0.3 is 0 Å². The Labute approximate surface area is 141 Å². The number of phenolic OH excluding ortho intramolecular Hbond substituents is 1. The molecule has 0 heterocycles. The summed E-state index contributed by atoms with van der Waals surface area (Å²) in [6.07, 6.45) is 14.0. The molecule has 0 amide bonds. The average Bonchev–Trinajstić information content (AvgIpc) is 2.52. The molecule has 0 aliphatic carbocycles. The smallest absolute Gasteiger partial charge is 0.118 e. The Hall–Kier alpha value is -0.630. The Morgan fingerprint density at radius 2 is 1.45 bits per heavy atom. The molecule has 126 valence electrons. The van der Waals surface area contributed by atoms with Gasteiger partial charge in [-0.25, -0.2) is 0 Å². The van der Waals surface area contributed by atoms with E-state index >= 15 is 0 Å². The first-order chi connectivity index (χ1) is 10.8. The lowest BCUT2D eigenvalue weighted by Gasteiger charge is -2.07. The maximum absolute atomic E-state index is 9.68. The van der Waals surface area contributed by atoms with Crippen molar-refractivity contribution in [1.29, 1.82) is 0 Å². The fraction of sp³-hybridized carbons (Fsp3) is 0.700. The molecule has 0 aliphatic heterocycles. The molecule has 1 aromatic rings. The van der Waals surface area contributed by atoms with Crippen LogP contribution in [0.5, 0.6) is 5.75 Å². The summed E-state index contributed by atoms with van der Waals surface area (Å²) in [4.78, 5) is 0. The number of phenols is 1. The number of benzene rings is 1. The highest BCUT2D eigenvalue weighted by Crippen LogP contribution is 2.24. The van der Waals surface area contributed by atoms with Gasteiger partial charge in [-0.3, -0.25) is 0 Å². The first kappa shape index (κ1) is 19.4. The summed E-state index contributed by atoms with van der Waals surface area (Å²) >= 11 is 2.00. The van der Waals surface area contributed by atoms with Gasteiger partial charge in [0.1, 0.15) is 5.75 Å². The highest BCUT2D eigenvalue weighted by atomic mass is 32.2. The molecule has 0 spiro atoms. The highest BCUT2D eigenvalue weighted by Gasteiger charge is 2.02. The minimum atomic E-state index is 0.428. The van der Waals surface area contributed by atoms with E-state index in [1.807, 2.05) is 24.8 Å². The van der Waals surface area contributed by atoms with Crippen molar-refractivity contribution in [3.63, 3.8) is 0 Å². The quantitative estimate of drug-likeness (QED) is 0.400. The number of hydrogen-bond donors (Lipinski definition) is 1. The minimum Gasteiger partial charge on any atom is -0.508 e. The van der Waals surface area contributed by atoms with Crippen LogP contribution in [0, 0.1) is 6.92 Å². The van der Waals surface area contributed by atoms with E-state index in [1.165, 1.54) is 75.5 Å². The van der Waals surface area contributed by atoms with Crippen LogP contribution in [0.25, 0.3) is 0 Å². The van der Waals surface area contributed by atoms with Gasteiger partial charge in [0, 0.05) is 5.75 Å². The Morgan fingerprint density at radius 1 is 0.864 bits per heavy atom. The predicted molar refractivity (Wildman–Crippen MR) is 101 cm³/mol. The second-order valence-electron chi connectivity index (χ2n) is 6.30. The predicted octanol–water partition coefficient (Wildman–Crippen LogP) is 6.85. The van der Waals surface area contributed by atoms with E-state index in [0.717, 1.165) is 11.3 Å². The van der Waals surface area contributed by atoms with E-state index in [2.05, 4.69) is 13.0 Å². The zero-order valence-electron chi connectivity index (χ0n) is 14.6. The van der Waals surface area contributed by atoms with E-state index in [4.69, 9.17) is 0 Å². The van der Waals surface area contributed by atoms with Gasteiger partial charge in [0.15, 0.2) is 0 Å². The topological polar surface area (TPSA) is 20.2 Å². The number of hydrogen-bond acceptors (Lipinski definition) is 2. The standard InChI is InChI=1S/C20H34OS/c1-3-4-5-6-7-8-9-10-11-12-16-22-17-19-14-13-15-20(21)18(19)2/h13-15,21H,3-12,16-17H2,1-2H3. The second kappa shape index (κ2) is 12.9. The first-order valence-electron chi connectivity index (χ1n) is 9.11. The van der Waals surface area contributed by atoms with E-state index in [-0.39, 0.29) is 0 Å². The van der Waals surface area contributed by atoms with Crippen LogP contribution in [0.1, 0.15) is 82.3 Å². The van der Waals surface area contributed by atoms with Gasteiger partial charge in [0.05, 0.1) is 0 Å². The number of unbranched alkanes of at least 4 members (excludes halogenated alkanes) is 9. The molecule has 0 unspecified atom stereocenters. The van der Waals surface area contributed by atoms with Crippen molar-refractivity contribution in [3.8, 4) is 5.75 Å². The van der Waals surface area contributed by atoms with E-state index in [9.17, 15) is 5.11 Å². The molecular weight excluding hydrogens is 288 g/mol. The summed E-state index contributed by atoms with van der Waals surface area (Å²) in [7, 11) is 0. The molecular formula is C20H34OS. The Balaban J connectivity index is 1.90. The van der Waals surface area contributed by atoms with Crippen molar-refractivity contribution in [2.24, 2.45) is 0 Å². The molecule has 1 rings (SSSR count). The molecule has 1 N–H and O–H groups in total. The van der Waals surface area contributed by atoms with Gasteiger partial charge in [-0.15, -0.1) is 0 Å². The molecule has 0 aliphatic rings. The molecule has 0 bridgehead atoms. The molecule has 0 radical (unpaired) electrons. The third-order valence-corrected chi connectivity index (χ3v) is 5.41. The third-order valence-electron chi connectivity index (χ3n) is 4.32. The lowest BCUT2D eigenvalue weighted by molar-refractivity contribution is 0.470. The lowest BCUT2D eigenvalue weighted by atomic mass is 10.1. The molecule has 22 heavy (non-hydrogen) atoms. The van der Waals surface area contributed by atoms with Crippen LogP contribution >= 0.6 is 11.8 Å². The summed E-state index contributed by atoms with van der Waals surface area (Å²) in [6, 6.07) is 5.84. The zero-order chi connectivity index (χ0) is 16.0. The van der Waals surface area contributed by atoms with Crippen LogP contribution in [0.15, 0.2) is 18.2 Å². The molecule has 1 aromatic carbocycles. The van der Waals surface area contributed by atoms with Crippen LogP contribution in [-0.2, 0) is 5.75 Å². The van der Waals surface area contributed by atoms with Crippen molar-refractivity contribution < 1.29 is 5.11 Å². The highest BCUT2D eigenvalue weighted by molar-refractivity contribution is 7.98. The largest absolute Gasteiger partial charge is 0.508 e. The van der Waals surface area contributed by atoms with Crippen molar-refractivity contribution in [3.05, 3.63) is 29.3 Å². The fourth-order valence-corrected chi connectivity index (χ4v) is 3.79. The molecule has 0 saturated carbocycles. The summed E-state index contributed by atoms with van der Waals surface area (Å²) in [5.41, 5.74) is 2.31. The van der Waals surface area contributed by atoms with Gasteiger partial charge in [-0.1, -0.05) is 76.8 Å². The summed E-state index contributed by atoms with van der Waals surface area (Å²) in [5.74, 6) is 2.69. The number of rotatable bonds is 13.